The average Bonchev–Trinajstić information content (AvgIpc) is 3.05. The summed E-state index contributed by atoms with van der Waals surface area (Å²) in [6.07, 6.45) is 7.59. The van der Waals surface area contributed by atoms with Crippen LogP contribution in [0.4, 0.5) is 5.82 Å². The first-order valence-corrected chi connectivity index (χ1v) is 8.06. The van der Waals surface area contributed by atoms with E-state index in [1.807, 2.05) is 0 Å². The highest BCUT2D eigenvalue weighted by Crippen LogP contribution is 2.30. The van der Waals surface area contributed by atoms with Gasteiger partial charge in [-0.2, -0.15) is 5.10 Å². The number of aromatic amines is 1. The monoisotopic (exact) mass is 305 g/mol. The molecule has 0 saturated carbocycles. The highest BCUT2D eigenvalue weighted by molar-refractivity contribution is 6.39. The zero-order valence-electron chi connectivity index (χ0n) is 12.7. The van der Waals surface area contributed by atoms with Crippen molar-refractivity contribution in [1.82, 2.24) is 20.4 Å². The van der Waals surface area contributed by atoms with Gasteiger partial charge >= 0.3 is 11.8 Å². The van der Waals surface area contributed by atoms with Gasteiger partial charge in [0, 0.05) is 18.7 Å². The molecule has 2 fully saturated rings. The minimum atomic E-state index is -0.652. The van der Waals surface area contributed by atoms with Crippen LogP contribution in [-0.4, -0.2) is 52.6 Å². The fraction of sp³-hybridized carbons (Fsp3) is 0.667. The molecule has 0 aliphatic carbocycles. The Hall–Kier alpha value is -1.89. The third kappa shape index (κ3) is 3.47. The Kier molecular flexibility index (Phi) is 4.72. The van der Waals surface area contributed by atoms with Gasteiger partial charge in [0.1, 0.15) is 5.82 Å². The second-order valence-corrected chi connectivity index (χ2v) is 6.14. The summed E-state index contributed by atoms with van der Waals surface area (Å²) in [5.74, 6) is -0.350. The highest BCUT2D eigenvalue weighted by Gasteiger charge is 2.33. The average molecular weight is 305 g/mol. The van der Waals surface area contributed by atoms with Crippen LogP contribution >= 0.6 is 0 Å². The maximum atomic E-state index is 11.9. The van der Waals surface area contributed by atoms with Crippen LogP contribution in [0.1, 0.15) is 32.1 Å². The number of piperidine rings is 2. The van der Waals surface area contributed by atoms with Crippen LogP contribution in [-0.2, 0) is 9.59 Å². The van der Waals surface area contributed by atoms with Crippen LogP contribution in [0.5, 0.6) is 0 Å². The van der Waals surface area contributed by atoms with Crippen molar-refractivity contribution < 1.29 is 9.59 Å². The number of anilines is 1. The number of nitrogens with zero attached hydrogens (tertiary/aromatic N) is 2. The molecule has 0 bridgehead atoms. The van der Waals surface area contributed by atoms with E-state index in [2.05, 4.69) is 25.7 Å². The Morgan fingerprint density at radius 3 is 2.91 bits per heavy atom. The van der Waals surface area contributed by atoms with Crippen molar-refractivity contribution in [3.8, 4) is 0 Å². The maximum Gasteiger partial charge on any atom is 0.314 e. The molecule has 7 nitrogen and oxygen atoms in total. The number of fused-ring (bicyclic) bond motifs is 1. The van der Waals surface area contributed by atoms with E-state index in [0.29, 0.717) is 24.3 Å². The van der Waals surface area contributed by atoms with Crippen LogP contribution in [0.2, 0.25) is 0 Å². The van der Waals surface area contributed by atoms with E-state index in [-0.39, 0.29) is 0 Å². The van der Waals surface area contributed by atoms with Crippen LogP contribution in [0.15, 0.2) is 12.3 Å². The lowest BCUT2D eigenvalue weighted by Crippen LogP contribution is -2.51. The van der Waals surface area contributed by atoms with E-state index in [1.54, 1.807) is 6.07 Å². The van der Waals surface area contributed by atoms with Gasteiger partial charge < -0.3 is 15.5 Å². The number of amides is 2. The Balaban J connectivity index is 1.48. The van der Waals surface area contributed by atoms with Crippen LogP contribution in [0, 0.1) is 5.92 Å². The Morgan fingerprint density at radius 1 is 1.23 bits per heavy atom. The Morgan fingerprint density at radius 2 is 2.09 bits per heavy atom. The number of H-pyrrole nitrogens is 1. The predicted octanol–water partition coefficient (Wildman–Crippen LogP) is 0.729. The van der Waals surface area contributed by atoms with Crippen molar-refractivity contribution in [3.63, 3.8) is 0 Å². The molecule has 3 rings (SSSR count). The van der Waals surface area contributed by atoms with E-state index < -0.39 is 11.8 Å². The van der Waals surface area contributed by atoms with Crippen LogP contribution in [0.25, 0.3) is 0 Å². The number of nitrogens with one attached hydrogen (secondary N) is 3. The highest BCUT2D eigenvalue weighted by atomic mass is 16.2. The SMILES string of the molecule is O=C(NCC1CCCN2CCCCC12)C(=O)Nc1ccn[nH]1. The normalized spacial score (nSPS) is 25.3. The first-order valence-electron chi connectivity index (χ1n) is 8.06. The molecule has 2 aliphatic rings. The van der Waals surface area contributed by atoms with Gasteiger partial charge in [-0.1, -0.05) is 6.42 Å². The number of carbonyl (C=O) groups is 2. The molecule has 1 aromatic rings. The fourth-order valence-electron chi connectivity index (χ4n) is 3.62. The molecule has 2 atom stereocenters. The minimum Gasteiger partial charge on any atom is -0.347 e. The molecular formula is C15H23N5O2. The van der Waals surface area contributed by atoms with E-state index in [1.165, 1.54) is 45.0 Å². The number of hydrogen-bond acceptors (Lipinski definition) is 4. The summed E-state index contributed by atoms with van der Waals surface area (Å²) in [6, 6.07) is 2.17. The molecule has 0 radical (unpaired) electrons. The molecule has 7 heteroatoms. The van der Waals surface area contributed by atoms with E-state index in [0.717, 1.165) is 6.42 Å². The summed E-state index contributed by atoms with van der Waals surface area (Å²) in [4.78, 5) is 26.2. The maximum absolute atomic E-state index is 11.9. The van der Waals surface area contributed by atoms with E-state index >= 15 is 0 Å². The minimum absolute atomic E-state index is 0.427. The molecule has 3 N–H and O–H groups in total. The van der Waals surface area contributed by atoms with Gasteiger partial charge in [-0.05, 0) is 44.7 Å². The van der Waals surface area contributed by atoms with Crippen molar-refractivity contribution in [2.45, 2.75) is 38.1 Å². The lowest BCUT2D eigenvalue weighted by atomic mass is 9.83. The van der Waals surface area contributed by atoms with E-state index in [9.17, 15) is 9.59 Å². The summed E-state index contributed by atoms with van der Waals surface area (Å²) in [6.45, 7) is 2.93. The summed E-state index contributed by atoms with van der Waals surface area (Å²) in [5, 5.41) is 11.6. The van der Waals surface area contributed by atoms with Crippen LogP contribution in [0.3, 0.4) is 0 Å². The molecule has 2 aliphatic heterocycles. The standard InChI is InChI=1S/C15H23N5O2/c21-14(15(22)18-13-6-7-17-19-13)16-10-11-4-3-9-20-8-2-1-5-12(11)20/h6-7,11-12H,1-5,8-10H2,(H,16,21)(H2,17,18,19,22). The van der Waals surface area contributed by atoms with Crippen molar-refractivity contribution in [2.75, 3.05) is 25.0 Å². The van der Waals surface area contributed by atoms with Gasteiger partial charge in [0.05, 0.1) is 6.20 Å². The summed E-state index contributed by atoms with van der Waals surface area (Å²) < 4.78 is 0. The van der Waals surface area contributed by atoms with Crippen molar-refractivity contribution in [3.05, 3.63) is 12.3 Å². The molecule has 2 saturated heterocycles. The molecule has 1 aromatic heterocycles. The first kappa shape index (κ1) is 15.0. The largest absolute Gasteiger partial charge is 0.347 e. The smallest absolute Gasteiger partial charge is 0.314 e. The van der Waals surface area contributed by atoms with Gasteiger partial charge in [-0.3, -0.25) is 14.7 Å². The molecular weight excluding hydrogens is 282 g/mol. The summed E-state index contributed by atoms with van der Waals surface area (Å²) >= 11 is 0. The second-order valence-electron chi connectivity index (χ2n) is 6.14. The molecule has 0 aromatic carbocycles. The van der Waals surface area contributed by atoms with Gasteiger partial charge in [0.2, 0.25) is 0 Å². The van der Waals surface area contributed by atoms with Gasteiger partial charge in [-0.15, -0.1) is 0 Å². The molecule has 0 spiro atoms. The van der Waals surface area contributed by atoms with Crippen molar-refractivity contribution >= 4 is 17.6 Å². The Bertz CT molecular complexity index is 514. The number of carbonyl (C=O) groups excluding carboxylic acids is 2. The van der Waals surface area contributed by atoms with Gasteiger partial charge in [0.25, 0.3) is 0 Å². The third-order valence-electron chi connectivity index (χ3n) is 4.71. The third-order valence-corrected chi connectivity index (χ3v) is 4.71. The van der Waals surface area contributed by atoms with Crippen molar-refractivity contribution in [1.29, 1.82) is 0 Å². The predicted molar refractivity (Wildman–Crippen MR) is 82.2 cm³/mol. The fourth-order valence-corrected chi connectivity index (χ4v) is 3.62. The first-order chi connectivity index (χ1) is 10.7. The molecule has 2 amide bonds. The molecule has 120 valence electrons. The summed E-state index contributed by atoms with van der Waals surface area (Å²) in [5.41, 5.74) is 0. The number of rotatable bonds is 3. The zero-order chi connectivity index (χ0) is 15.4. The van der Waals surface area contributed by atoms with Gasteiger partial charge in [-0.25, -0.2) is 0 Å². The summed E-state index contributed by atoms with van der Waals surface area (Å²) in [7, 11) is 0. The molecule has 22 heavy (non-hydrogen) atoms. The zero-order valence-corrected chi connectivity index (χ0v) is 12.7. The van der Waals surface area contributed by atoms with Gasteiger partial charge in [0.15, 0.2) is 0 Å². The quantitative estimate of drug-likeness (QED) is 0.718. The Labute approximate surface area is 129 Å². The topological polar surface area (TPSA) is 90.1 Å². The lowest BCUT2D eigenvalue weighted by molar-refractivity contribution is -0.136. The number of aromatic nitrogens is 2. The van der Waals surface area contributed by atoms with E-state index in [4.69, 9.17) is 0 Å². The molecule has 2 unspecified atom stereocenters. The molecule has 3 heterocycles. The van der Waals surface area contributed by atoms with Crippen LogP contribution < -0.4 is 10.6 Å². The second kappa shape index (κ2) is 6.91. The van der Waals surface area contributed by atoms with Crippen molar-refractivity contribution in [2.24, 2.45) is 5.92 Å². The lowest BCUT2D eigenvalue weighted by Gasteiger charge is -2.44. The number of hydrogen-bond donors (Lipinski definition) is 3.